The molecule has 2 rings (SSSR count). The number of rotatable bonds is 6. The fourth-order valence-corrected chi connectivity index (χ4v) is 2.13. The number of carboxylic acid groups (broad SMARTS) is 1. The first-order chi connectivity index (χ1) is 9.20. The van der Waals surface area contributed by atoms with Crippen molar-refractivity contribution in [1.29, 1.82) is 0 Å². The summed E-state index contributed by atoms with van der Waals surface area (Å²) < 4.78 is 12.4. The van der Waals surface area contributed by atoms with Gasteiger partial charge in [0, 0.05) is 13.7 Å². The zero-order valence-corrected chi connectivity index (χ0v) is 10.9. The quantitative estimate of drug-likeness (QED) is 0.798. The van der Waals surface area contributed by atoms with Crippen LogP contribution in [0.1, 0.15) is 37.6 Å². The summed E-state index contributed by atoms with van der Waals surface area (Å²) in [5, 5.41) is 20.3. The average molecular weight is 270 g/mol. The van der Waals surface area contributed by atoms with Crippen molar-refractivity contribution in [2.24, 2.45) is 0 Å². The van der Waals surface area contributed by atoms with Crippen molar-refractivity contribution in [3.8, 4) is 0 Å². The maximum atomic E-state index is 10.7. The van der Waals surface area contributed by atoms with Gasteiger partial charge in [-0.1, -0.05) is 0 Å². The van der Waals surface area contributed by atoms with E-state index in [2.05, 4.69) is 15.5 Å². The SMILES string of the molecule is COC(CC(=O)O)Cn1nnnc1C1CCCCO1. The molecule has 0 amide bonds. The van der Waals surface area contributed by atoms with E-state index in [9.17, 15) is 4.79 Å². The molecule has 0 aromatic carbocycles. The number of hydrogen-bond acceptors (Lipinski definition) is 6. The van der Waals surface area contributed by atoms with Gasteiger partial charge in [-0.15, -0.1) is 5.10 Å². The number of methoxy groups -OCH3 is 1. The molecule has 0 bridgehead atoms. The van der Waals surface area contributed by atoms with E-state index in [4.69, 9.17) is 14.6 Å². The highest BCUT2D eigenvalue weighted by atomic mass is 16.5. The molecule has 1 N–H and O–H groups in total. The Morgan fingerprint density at radius 1 is 1.63 bits per heavy atom. The minimum Gasteiger partial charge on any atom is -0.481 e. The van der Waals surface area contributed by atoms with E-state index in [-0.39, 0.29) is 12.5 Å². The molecule has 19 heavy (non-hydrogen) atoms. The average Bonchev–Trinajstić information content (AvgIpc) is 2.86. The Bertz CT molecular complexity index is 417. The maximum Gasteiger partial charge on any atom is 0.306 e. The van der Waals surface area contributed by atoms with Crippen molar-refractivity contribution in [3.05, 3.63) is 5.82 Å². The van der Waals surface area contributed by atoms with Crippen LogP contribution in [0.3, 0.4) is 0 Å². The Kier molecular flexibility index (Phi) is 4.80. The third-order valence-corrected chi connectivity index (χ3v) is 3.14. The molecule has 8 nitrogen and oxygen atoms in total. The third kappa shape index (κ3) is 3.71. The predicted molar refractivity (Wildman–Crippen MR) is 63.4 cm³/mol. The van der Waals surface area contributed by atoms with Gasteiger partial charge in [0.05, 0.1) is 19.1 Å². The van der Waals surface area contributed by atoms with E-state index < -0.39 is 12.1 Å². The van der Waals surface area contributed by atoms with E-state index in [1.807, 2.05) is 0 Å². The highest BCUT2D eigenvalue weighted by molar-refractivity contribution is 5.67. The minimum absolute atomic E-state index is 0.0820. The van der Waals surface area contributed by atoms with E-state index in [1.54, 1.807) is 4.68 Å². The first-order valence-electron chi connectivity index (χ1n) is 6.33. The molecule has 0 radical (unpaired) electrons. The number of hydrogen-bond donors (Lipinski definition) is 1. The van der Waals surface area contributed by atoms with E-state index in [0.717, 1.165) is 19.3 Å². The van der Waals surface area contributed by atoms with Gasteiger partial charge in [0.25, 0.3) is 0 Å². The van der Waals surface area contributed by atoms with Gasteiger partial charge in [-0.05, 0) is 29.7 Å². The molecule has 0 saturated carbocycles. The van der Waals surface area contributed by atoms with Crippen LogP contribution in [0.25, 0.3) is 0 Å². The molecule has 1 aromatic heterocycles. The second kappa shape index (κ2) is 6.58. The standard InChI is InChI=1S/C11H18N4O4/c1-18-8(6-10(16)17)7-15-11(12-13-14-15)9-4-2-3-5-19-9/h8-9H,2-7H2,1H3,(H,16,17). The van der Waals surface area contributed by atoms with Crippen LogP contribution < -0.4 is 0 Å². The van der Waals surface area contributed by atoms with Gasteiger partial charge in [-0.3, -0.25) is 4.79 Å². The van der Waals surface area contributed by atoms with Crippen molar-refractivity contribution in [1.82, 2.24) is 20.2 Å². The molecular weight excluding hydrogens is 252 g/mol. The molecule has 8 heteroatoms. The van der Waals surface area contributed by atoms with Gasteiger partial charge in [0.2, 0.25) is 0 Å². The number of carboxylic acids is 1. The molecule has 2 atom stereocenters. The lowest BCUT2D eigenvalue weighted by atomic mass is 10.1. The van der Waals surface area contributed by atoms with Crippen LogP contribution in [0.4, 0.5) is 0 Å². The molecule has 2 heterocycles. The van der Waals surface area contributed by atoms with Crippen LogP contribution in [-0.2, 0) is 20.8 Å². The van der Waals surface area contributed by atoms with Gasteiger partial charge >= 0.3 is 5.97 Å². The number of tetrazole rings is 1. The van der Waals surface area contributed by atoms with E-state index >= 15 is 0 Å². The number of ether oxygens (including phenoxy) is 2. The lowest BCUT2D eigenvalue weighted by Gasteiger charge is -2.22. The number of carbonyl (C=O) groups is 1. The van der Waals surface area contributed by atoms with E-state index in [1.165, 1.54) is 7.11 Å². The summed E-state index contributed by atoms with van der Waals surface area (Å²) in [7, 11) is 1.48. The third-order valence-electron chi connectivity index (χ3n) is 3.14. The second-order valence-corrected chi connectivity index (χ2v) is 4.53. The summed E-state index contributed by atoms with van der Waals surface area (Å²) in [5.74, 6) is -0.262. The van der Waals surface area contributed by atoms with Crippen LogP contribution in [-0.4, -0.2) is 51.1 Å². The van der Waals surface area contributed by atoms with Gasteiger partial charge < -0.3 is 14.6 Å². The van der Waals surface area contributed by atoms with Crippen LogP contribution in [0.2, 0.25) is 0 Å². The molecule has 2 unspecified atom stereocenters. The maximum absolute atomic E-state index is 10.7. The monoisotopic (exact) mass is 270 g/mol. The fourth-order valence-electron chi connectivity index (χ4n) is 2.13. The number of aliphatic carboxylic acids is 1. The van der Waals surface area contributed by atoms with Gasteiger partial charge in [-0.2, -0.15) is 0 Å². The van der Waals surface area contributed by atoms with Crippen molar-refractivity contribution in [2.75, 3.05) is 13.7 Å². The van der Waals surface area contributed by atoms with E-state index in [0.29, 0.717) is 19.0 Å². The predicted octanol–water partition coefficient (Wildman–Crippen LogP) is 0.404. The van der Waals surface area contributed by atoms with Gasteiger partial charge in [0.15, 0.2) is 5.82 Å². The molecular formula is C11H18N4O4. The van der Waals surface area contributed by atoms with Crippen LogP contribution in [0, 0.1) is 0 Å². The molecule has 1 aromatic rings. The topological polar surface area (TPSA) is 99.4 Å². The Balaban J connectivity index is 2.03. The Morgan fingerprint density at radius 3 is 3.11 bits per heavy atom. The van der Waals surface area contributed by atoms with Gasteiger partial charge in [-0.25, -0.2) is 4.68 Å². The van der Waals surface area contributed by atoms with Crippen LogP contribution >= 0.6 is 0 Å². The van der Waals surface area contributed by atoms with Crippen molar-refractivity contribution in [3.63, 3.8) is 0 Å². The Labute approximate surface area is 110 Å². The van der Waals surface area contributed by atoms with Crippen LogP contribution in [0.5, 0.6) is 0 Å². The summed E-state index contributed by atoms with van der Waals surface area (Å²) in [4.78, 5) is 10.7. The fraction of sp³-hybridized carbons (Fsp3) is 0.818. The summed E-state index contributed by atoms with van der Waals surface area (Å²) in [5.41, 5.74) is 0. The molecule has 1 fully saturated rings. The summed E-state index contributed by atoms with van der Waals surface area (Å²) in [6.45, 7) is 1.02. The molecule has 1 saturated heterocycles. The summed E-state index contributed by atoms with van der Waals surface area (Å²) in [6.07, 6.45) is 2.38. The first kappa shape index (κ1) is 13.9. The first-order valence-corrected chi connectivity index (χ1v) is 6.33. The molecule has 1 aliphatic heterocycles. The van der Waals surface area contributed by atoms with Gasteiger partial charge in [0.1, 0.15) is 6.10 Å². The lowest BCUT2D eigenvalue weighted by Crippen LogP contribution is -2.26. The highest BCUT2D eigenvalue weighted by Gasteiger charge is 2.24. The molecule has 106 valence electrons. The number of nitrogens with zero attached hydrogens (tertiary/aromatic N) is 4. The van der Waals surface area contributed by atoms with Crippen molar-refractivity contribution < 1.29 is 19.4 Å². The Hall–Kier alpha value is -1.54. The normalized spacial score (nSPS) is 21.2. The number of aromatic nitrogens is 4. The Morgan fingerprint density at radius 2 is 2.47 bits per heavy atom. The molecule has 0 spiro atoms. The van der Waals surface area contributed by atoms with Crippen molar-refractivity contribution in [2.45, 2.75) is 44.4 Å². The van der Waals surface area contributed by atoms with Crippen LogP contribution in [0.15, 0.2) is 0 Å². The smallest absolute Gasteiger partial charge is 0.306 e. The van der Waals surface area contributed by atoms with Crippen molar-refractivity contribution >= 4 is 5.97 Å². The second-order valence-electron chi connectivity index (χ2n) is 4.53. The summed E-state index contributed by atoms with van der Waals surface area (Å²) in [6, 6.07) is 0. The molecule has 1 aliphatic rings. The minimum atomic E-state index is -0.907. The largest absolute Gasteiger partial charge is 0.481 e. The summed E-state index contributed by atoms with van der Waals surface area (Å²) >= 11 is 0. The lowest BCUT2D eigenvalue weighted by molar-refractivity contribution is -0.140. The highest BCUT2D eigenvalue weighted by Crippen LogP contribution is 2.25. The zero-order valence-electron chi connectivity index (χ0n) is 10.9. The zero-order chi connectivity index (χ0) is 13.7. The molecule has 0 aliphatic carbocycles.